The molecule has 7 nitrogen and oxygen atoms in total. The van der Waals surface area contributed by atoms with Crippen LogP contribution in [0.2, 0.25) is 0 Å². The summed E-state index contributed by atoms with van der Waals surface area (Å²) in [4.78, 5) is 34.9. The SMILES string of the molecule is O=c1[nH]ccn(Cc2cccc([N+](=O)[O-])c2)c1=O. The Morgan fingerprint density at radius 3 is 2.83 bits per heavy atom. The van der Waals surface area contributed by atoms with Gasteiger partial charge in [0.15, 0.2) is 0 Å². The van der Waals surface area contributed by atoms with Crippen LogP contribution in [-0.2, 0) is 6.54 Å². The summed E-state index contributed by atoms with van der Waals surface area (Å²) in [6.07, 6.45) is 2.77. The second kappa shape index (κ2) is 4.66. The van der Waals surface area contributed by atoms with Gasteiger partial charge in [0, 0.05) is 24.5 Å². The molecular formula is C11H9N3O4. The minimum atomic E-state index is -0.720. The molecule has 1 N–H and O–H groups in total. The fraction of sp³-hybridized carbons (Fsp3) is 0.0909. The first-order valence-corrected chi connectivity index (χ1v) is 5.09. The Morgan fingerprint density at radius 2 is 2.11 bits per heavy atom. The minimum Gasteiger partial charge on any atom is -0.323 e. The summed E-state index contributed by atoms with van der Waals surface area (Å²) in [5, 5.41) is 10.6. The van der Waals surface area contributed by atoms with Gasteiger partial charge in [-0.1, -0.05) is 12.1 Å². The summed E-state index contributed by atoms with van der Waals surface area (Å²) in [5.74, 6) is 0. The van der Waals surface area contributed by atoms with Crippen LogP contribution in [0, 0.1) is 10.1 Å². The van der Waals surface area contributed by atoms with Gasteiger partial charge in [0.2, 0.25) is 0 Å². The van der Waals surface area contributed by atoms with Crippen LogP contribution in [-0.4, -0.2) is 14.5 Å². The van der Waals surface area contributed by atoms with Crippen LogP contribution in [0.15, 0.2) is 46.2 Å². The molecular weight excluding hydrogens is 238 g/mol. The second-order valence-corrected chi connectivity index (χ2v) is 3.65. The zero-order valence-corrected chi connectivity index (χ0v) is 9.20. The third kappa shape index (κ3) is 2.34. The first-order valence-electron chi connectivity index (χ1n) is 5.09. The van der Waals surface area contributed by atoms with E-state index in [1.807, 2.05) is 0 Å². The first kappa shape index (κ1) is 11.8. The number of benzene rings is 1. The van der Waals surface area contributed by atoms with E-state index < -0.39 is 16.0 Å². The van der Waals surface area contributed by atoms with Crippen LogP contribution in [0.4, 0.5) is 5.69 Å². The van der Waals surface area contributed by atoms with Gasteiger partial charge in [0.25, 0.3) is 5.69 Å². The molecule has 7 heteroatoms. The maximum atomic E-state index is 11.5. The van der Waals surface area contributed by atoms with Gasteiger partial charge in [0.05, 0.1) is 11.5 Å². The second-order valence-electron chi connectivity index (χ2n) is 3.65. The molecule has 0 saturated heterocycles. The van der Waals surface area contributed by atoms with E-state index >= 15 is 0 Å². The number of non-ortho nitro benzene ring substituents is 1. The highest BCUT2D eigenvalue weighted by atomic mass is 16.6. The highest BCUT2D eigenvalue weighted by Gasteiger charge is 2.07. The standard InChI is InChI=1S/C11H9N3O4/c15-10-11(16)13(5-4-12-10)7-8-2-1-3-9(6-8)14(17)18/h1-6H,7H2,(H,12,15). The molecule has 0 spiro atoms. The van der Waals surface area contributed by atoms with Crippen molar-refractivity contribution in [1.29, 1.82) is 0 Å². The fourth-order valence-corrected chi connectivity index (χ4v) is 1.55. The van der Waals surface area contributed by atoms with Crippen molar-refractivity contribution in [1.82, 2.24) is 9.55 Å². The van der Waals surface area contributed by atoms with Gasteiger partial charge in [-0.05, 0) is 5.56 Å². The molecule has 0 bridgehead atoms. The number of aromatic nitrogens is 2. The molecule has 0 atom stereocenters. The molecule has 0 saturated carbocycles. The quantitative estimate of drug-likeness (QED) is 0.485. The molecule has 0 aliphatic rings. The van der Waals surface area contributed by atoms with Gasteiger partial charge in [0.1, 0.15) is 0 Å². The van der Waals surface area contributed by atoms with Crippen LogP contribution >= 0.6 is 0 Å². The number of rotatable bonds is 3. The Labute approximate surface area is 100 Å². The van der Waals surface area contributed by atoms with Gasteiger partial charge < -0.3 is 9.55 Å². The van der Waals surface area contributed by atoms with Crippen molar-refractivity contribution < 1.29 is 4.92 Å². The summed E-state index contributed by atoms with van der Waals surface area (Å²) in [7, 11) is 0. The lowest BCUT2D eigenvalue weighted by molar-refractivity contribution is -0.384. The molecule has 0 amide bonds. The van der Waals surface area contributed by atoms with Crippen molar-refractivity contribution in [3.8, 4) is 0 Å². The Hall–Kier alpha value is -2.70. The van der Waals surface area contributed by atoms with Crippen LogP contribution in [0.3, 0.4) is 0 Å². The van der Waals surface area contributed by atoms with E-state index in [1.165, 1.54) is 35.2 Å². The van der Waals surface area contributed by atoms with E-state index in [-0.39, 0.29) is 12.2 Å². The Kier molecular flexibility index (Phi) is 3.05. The molecule has 0 aliphatic carbocycles. The van der Waals surface area contributed by atoms with Crippen molar-refractivity contribution in [3.05, 3.63) is 73.0 Å². The van der Waals surface area contributed by atoms with Gasteiger partial charge >= 0.3 is 11.1 Å². The number of H-pyrrole nitrogens is 1. The number of nitro benzene ring substituents is 1. The van der Waals surface area contributed by atoms with Crippen LogP contribution < -0.4 is 11.1 Å². The number of aromatic amines is 1. The maximum Gasteiger partial charge on any atom is 0.316 e. The Bertz CT molecular complexity index is 702. The van der Waals surface area contributed by atoms with E-state index in [9.17, 15) is 19.7 Å². The summed E-state index contributed by atoms with van der Waals surface area (Å²) in [6, 6.07) is 5.92. The van der Waals surface area contributed by atoms with E-state index in [2.05, 4.69) is 4.98 Å². The van der Waals surface area contributed by atoms with E-state index in [0.717, 1.165) is 0 Å². The molecule has 0 radical (unpaired) electrons. The van der Waals surface area contributed by atoms with Crippen LogP contribution in [0.25, 0.3) is 0 Å². The van der Waals surface area contributed by atoms with E-state index in [4.69, 9.17) is 0 Å². The number of nitrogens with one attached hydrogen (secondary N) is 1. The summed E-state index contributed by atoms with van der Waals surface area (Å²) >= 11 is 0. The van der Waals surface area contributed by atoms with Crippen molar-refractivity contribution in [3.63, 3.8) is 0 Å². The molecule has 92 valence electrons. The Balaban J connectivity index is 2.37. The molecule has 0 fully saturated rings. The third-order valence-electron chi connectivity index (χ3n) is 2.40. The lowest BCUT2D eigenvalue weighted by Gasteiger charge is -2.04. The van der Waals surface area contributed by atoms with E-state index in [1.54, 1.807) is 6.07 Å². The van der Waals surface area contributed by atoms with Gasteiger partial charge in [-0.2, -0.15) is 0 Å². The first-order chi connectivity index (χ1) is 8.58. The van der Waals surface area contributed by atoms with Crippen molar-refractivity contribution in [2.75, 3.05) is 0 Å². The predicted molar refractivity (Wildman–Crippen MR) is 63.5 cm³/mol. The number of hydrogen-bond acceptors (Lipinski definition) is 4. The highest BCUT2D eigenvalue weighted by Crippen LogP contribution is 2.13. The van der Waals surface area contributed by atoms with E-state index in [0.29, 0.717) is 5.56 Å². The summed E-state index contributed by atoms with van der Waals surface area (Å²) < 4.78 is 1.19. The lowest BCUT2D eigenvalue weighted by Crippen LogP contribution is -2.35. The third-order valence-corrected chi connectivity index (χ3v) is 2.40. The molecule has 1 aromatic carbocycles. The Morgan fingerprint density at radius 1 is 1.33 bits per heavy atom. The number of nitro groups is 1. The minimum absolute atomic E-state index is 0.0506. The molecule has 1 heterocycles. The predicted octanol–water partition coefficient (Wildman–Crippen LogP) is 0.493. The zero-order valence-electron chi connectivity index (χ0n) is 9.20. The maximum absolute atomic E-state index is 11.5. The number of hydrogen-bond donors (Lipinski definition) is 1. The lowest BCUT2D eigenvalue weighted by atomic mass is 10.2. The molecule has 1 aromatic heterocycles. The summed E-state index contributed by atoms with van der Waals surface area (Å²) in [6.45, 7) is 0.116. The molecule has 2 aromatic rings. The fourth-order valence-electron chi connectivity index (χ4n) is 1.55. The topological polar surface area (TPSA) is 98.0 Å². The monoisotopic (exact) mass is 247 g/mol. The van der Waals surface area contributed by atoms with Crippen LogP contribution in [0.1, 0.15) is 5.56 Å². The zero-order chi connectivity index (χ0) is 13.1. The van der Waals surface area contributed by atoms with Gasteiger partial charge in [-0.25, -0.2) is 0 Å². The van der Waals surface area contributed by atoms with Gasteiger partial charge in [-0.3, -0.25) is 19.7 Å². The average Bonchev–Trinajstić information content (AvgIpc) is 2.35. The summed E-state index contributed by atoms with van der Waals surface area (Å²) in [5.41, 5.74) is -0.880. The smallest absolute Gasteiger partial charge is 0.316 e. The van der Waals surface area contributed by atoms with Gasteiger partial charge in [-0.15, -0.1) is 0 Å². The average molecular weight is 247 g/mol. The number of nitrogens with zero attached hydrogens (tertiary/aromatic N) is 2. The molecule has 0 unspecified atom stereocenters. The largest absolute Gasteiger partial charge is 0.323 e. The highest BCUT2D eigenvalue weighted by molar-refractivity contribution is 5.34. The normalized spacial score (nSPS) is 10.2. The van der Waals surface area contributed by atoms with Crippen molar-refractivity contribution >= 4 is 5.69 Å². The molecule has 0 aliphatic heterocycles. The van der Waals surface area contributed by atoms with Crippen molar-refractivity contribution in [2.45, 2.75) is 6.54 Å². The van der Waals surface area contributed by atoms with Crippen molar-refractivity contribution in [2.24, 2.45) is 0 Å². The molecule has 2 rings (SSSR count). The van der Waals surface area contributed by atoms with Crippen LogP contribution in [0.5, 0.6) is 0 Å². The molecule has 18 heavy (non-hydrogen) atoms.